The van der Waals surface area contributed by atoms with Gasteiger partial charge in [0.05, 0.1) is 19.6 Å². The highest BCUT2D eigenvalue weighted by atomic mass is 19.1. The zero-order valence-electron chi connectivity index (χ0n) is 12.4. The van der Waals surface area contributed by atoms with Crippen molar-refractivity contribution in [3.63, 3.8) is 0 Å². The number of hydrogen-bond donors (Lipinski definition) is 1. The van der Waals surface area contributed by atoms with Crippen molar-refractivity contribution in [2.75, 3.05) is 19.8 Å². The van der Waals surface area contributed by atoms with Gasteiger partial charge in [-0.05, 0) is 24.3 Å². The van der Waals surface area contributed by atoms with Gasteiger partial charge in [0.25, 0.3) is 0 Å². The minimum Gasteiger partial charge on any atom is -0.493 e. The summed E-state index contributed by atoms with van der Waals surface area (Å²) in [6.45, 7) is 0.581. The monoisotopic (exact) mass is 321 g/mol. The molecule has 0 saturated carbocycles. The van der Waals surface area contributed by atoms with Crippen molar-refractivity contribution in [3.05, 3.63) is 60.2 Å². The molecule has 4 nitrogen and oxygen atoms in total. The Bertz CT molecular complexity index is 635. The van der Waals surface area contributed by atoms with Gasteiger partial charge in [-0.15, -0.1) is 0 Å². The zero-order valence-corrected chi connectivity index (χ0v) is 12.4. The third kappa shape index (κ3) is 5.94. The summed E-state index contributed by atoms with van der Waals surface area (Å²) in [4.78, 5) is 11.6. The van der Waals surface area contributed by atoms with Gasteiger partial charge >= 0.3 is 0 Å². The van der Waals surface area contributed by atoms with Crippen LogP contribution in [0.1, 0.15) is 6.42 Å². The Morgan fingerprint density at radius 2 is 1.78 bits per heavy atom. The van der Waals surface area contributed by atoms with Gasteiger partial charge in [0.2, 0.25) is 5.91 Å². The lowest BCUT2D eigenvalue weighted by Crippen LogP contribution is -2.29. The van der Waals surface area contributed by atoms with Crippen molar-refractivity contribution < 1.29 is 23.0 Å². The summed E-state index contributed by atoms with van der Waals surface area (Å²) in [6, 6.07) is 12.3. The van der Waals surface area contributed by atoms with Crippen molar-refractivity contribution in [3.8, 4) is 11.5 Å². The van der Waals surface area contributed by atoms with Crippen molar-refractivity contribution in [2.45, 2.75) is 6.42 Å². The molecular formula is C17H17F2NO3. The van der Waals surface area contributed by atoms with Crippen molar-refractivity contribution in [1.82, 2.24) is 5.32 Å². The Morgan fingerprint density at radius 3 is 2.52 bits per heavy atom. The van der Waals surface area contributed by atoms with Crippen LogP contribution in [0.25, 0.3) is 0 Å². The molecule has 0 atom stereocenters. The number of nitrogens with one attached hydrogen (secondary N) is 1. The van der Waals surface area contributed by atoms with Gasteiger partial charge in [-0.2, -0.15) is 0 Å². The summed E-state index contributed by atoms with van der Waals surface area (Å²) >= 11 is 0. The van der Waals surface area contributed by atoms with E-state index in [0.29, 0.717) is 5.75 Å². The van der Waals surface area contributed by atoms with Crippen LogP contribution in [-0.4, -0.2) is 25.7 Å². The minimum atomic E-state index is -0.771. The number of halogens is 2. The smallest absolute Gasteiger partial charge is 0.223 e. The summed E-state index contributed by atoms with van der Waals surface area (Å²) in [7, 11) is 0. The quantitative estimate of drug-likeness (QED) is 0.761. The molecule has 1 N–H and O–H groups in total. The molecule has 0 unspecified atom stereocenters. The first kappa shape index (κ1) is 16.7. The Balaban J connectivity index is 1.59. The van der Waals surface area contributed by atoms with Crippen LogP contribution in [0, 0.1) is 11.6 Å². The molecule has 23 heavy (non-hydrogen) atoms. The van der Waals surface area contributed by atoms with Crippen molar-refractivity contribution in [2.24, 2.45) is 0 Å². The molecule has 0 aliphatic rings. The largest absolute Gasteiger partial charge is 0.493 e. The Labute approximate surface area is 133 Å². The molecule has 0 spiro atoms. The van der Waals surface area contributed by atoms with Gasteiger partial charge in [-0.3, -0.25) is 4.79 Å². The highest BCUT2D eigenvalue weighted by Gasteiger charge is 2.05. The van der Waals surface area contributed by atoms with E-state index in [1.54, 1.807) is 0 Å². The lowest BCUT2D eigenvalue weighted by Gasteiger charge is -2.09. The van der Waals surface area contributed by atoms with Crippen LogP contribution in [0.3, 0.4) is 0 Å². The first-order chi connectivity index (χ1) is 11.1. The molecule has 0 radical (unpaired) electrons. The lowest BCUT2D eigenvalue weighted by molar-refractivity contribution is -0.121. The van der Waals surface area contributed by atoms with E-state index in [4.69, 9.17) is 9.47 Å². The number of rotatable bonds is 8. The van der Waals surface area contributed by atoms with Gasteiger partial charge in [-0.1, -0.05) is 18.2 Å². The first-order valence-corrected chi connectivity index (χ1v) is 7.17. The van der Waals surface area contributed by atoms with Gasteiger partial charge in [0.15, 0.2) is 11.6 Å². The van der Waals surface area contributed by atoms with Crippen LogP contribution in [0.5, 0.6) is 11.5 Å². The Morgan fingerprint density at radius 1 is 1.00 bits per heavy atom. The zero-order chi connectivity index (χ0) is 16.5. The maximum atomic E-state index is 13.3. The summed E-state index contributed by atoms with van der Waals surface area (Å²) in [5.74, 6) is -0.971. The number of amides is 1. The van der Waals surface area contributed by atoms with E-state index in [-0.39, 0.29) is 37.8 Å². The van der Waals surface area contributed by atoms with Crippen LogP contribution in [-0.2, 0) is 4.79 Å². The average molecular weight is 321 g/mol. The topological polar surface area (TPSA) is 47.6 Å². The SMILES string of the molecule is O=C(CCOc1ccccc1)NCCOc1ccc(F)cc1F. The average Bonchev–Trinajstić information content (AvgIpc) is 2.54. The fourth-order valence-corrected chi connectivity index (χ4v) is 1.81. The minimum absolute atomic E-state index is 0.0481. The first-order valence-electron chi connectivity index (χ1n) is 7.17. The van der Waals surface area contributed by atoms with E-state index in [1.807, 2.05) is 30.3 Å². The van der Waals surface area contributed by atoms with E-state index in [2.05, 4.69) is 5.32 Å². The van der Waals surface area contributed by atoms with Crippen LogP contribution in [0.2, 0.25) is 0 Å². The van der Waals surface area contributed by atoms with E-state index in [1.165, 1.54) is 6.07 Å². The second kappa shape index (κ2) is 8.73. The Hall–Kier alpha value is -2.63. The summed E-state index contributed by atoms with van der Waals surface area (Å²) in [5.41, 5.74) is 0. The number of carbonyl (C=O) groups is 1. The standard InChI is InChI=1S/C17H17F2NO3/c18-13-6-7-16(15(19)12-13)23-11-9-20-17(21)8-10-22-14-4-2-1-3-5-14/h1-7,12H,8-11H2,(H,20,21). The van der Waals surface area contributed by atoms with Gasteiger partial charge in [0.1, 0.15) is 18.2 Å². The van der Waals surface area contributed by atoms with Crippen molar-refractivity contribution >= 4 is 5.91 Å². The van der Waals surface area contributed by atoms with Crippen LogP contribution in [0.4, 0.5) is 8.78 Å². The fraction of sp³-hybridized carbons (Fsp3) is 0.235. The lowest BCUT2D eigenvalue weighted by atomic mass is 10.3. The maximum Gasteiger partial charge on any atom is 0.223 e. The molecule has 0 bridgehead atoms. The highest BCUT2D eigenvalue weighted by molar-refractivity contribution is 5.75. The predicted molar refractivity (Wildman–Crippen MR) is 81.4 cm³/mol. The normalized spacial score (nSPS) is 10.2. The second-order valence-corrected chi connectivity index (χ2v) is 4.68. The maximum absolute atomic E-state index is 13.3. The molecular weight excluding hydrogens is 304 g/mol. The van der Waals surface area contributed by atoms with Gasteiger partial charge < -0.3 is 14.8 Å². The molecule has 122 valence electrons. The summed E-state index contributed by atoms with van der Waals surface area (Å²) in [6.07, 6.45) is 0.208. The van der Waals surface area contributed by atoms with Gasteiger partial charge in [-0.25, -0.2) is 8.78 Å². The molecule has 0 saturated heterocycles. The van der Waals surface area contributed by atoms with Gasteiger partial charge in [0, 0.05) is 6.07 Å². The van der Waals surface area contributed by atoms with E-state index in [0.717, 1.165) is 12.1 Å². The van der Waals surface area contributed by atoms with Crippen molar-refractivity contribution in [1.29, 1.82) is 0 Å². The fourth-order valence-electron chi connectivity index (χ4n) is 1.81. The van der Waals surface area contributed by atoms with E-state index in [9.17, 15) is 13.6 Å². The van der Waals surface area contributed by atoms with Crippen LogP contribution in [0.15, 0.2) is 48.5 Å². The molecule has 0 aliphatic heterocycles. The summed E-state index contributed by atoms with van der Waals surface area (Å²) < 4.78 is 36.5. The molecule has 2 aromatic rings. The predicted octanol–water partition coefficient (Wildman–Crippen LogP) is 2.93. The van der Waals surface area contributed by atoms with Crippen LogP contribution < -0.4 is 14.8 Å². The highest BCUT2D eigenvalue weighted by Crippen LogP contribution is 2.17. The molecule has 6 heteroatoms. The molecule has 0 aromatic heterocycles. The molecule has 2 aromatic carbocycles. The number of ether oxygens (including phenoxy) is 2. The Kier molecular flexibility index (Phi) is 6.35. The van der Waals surface area contributed by atoms with E-state index < -0.39 is 11.6 Å². The third-order valence-corrected chi connectivity index (χ3v) is 2.92. The molecule has 1 amide bonds. The number of carbonyl (C=O) groups excluding carboxylic acids is 1. The third-order valence-electron chi connectivity index (χ3n) is 2.92. The molecule has 0 fully saturated rings. The molecule has 0 heterocycles. The molecule has 0 aliphatic carbocycles. The summed E-state index contributed by atoms with van der Waals surface area (Å²) in [5, 5.41) is 2.63. The second-order valence-electron chi connectivity index (χ2n) is 4.68. The molecule has 2 rings (SSSR count). The van der Waals surface area contributed by atoms with Crippen LogP contribution >= 0.6 is 0 Å². The number of hydrogen-bond acceptors (Lipinski definition) is 3. The van der Waals surface area contributed by atoms with E-state index >= 15 is 0 Å². The number of benzene rings is 2. The number of para-hydroxylation sites is 1.